The Morgan fingerprint density at radius 1 is 0.933 bits per heavy atom. The molecule has 1 amide bonds. The van der Waals surface area contributed by atoms with E-state index in [0.29, 0.717) is 5.02 Å². The van der Waals surface area contributed by atoms with Crippen LogP contribution in [0.2, 0.25) is 5.02 Å². The van der Waals surface area contributed by atoms with E-state index < -0.39 is 5.97 Å². The average Bonchev–Trinajstić information content (AvgIpc) is 2.72. The number of nitrogens with zero attached hydrogens (tertiary/aromatic N) is 1. The molecule has 30 heavy (non-hydrogen) atoms. The van der Waals surface area contributed by atoms with E-state index in [-0.39, 0.29) is 29.5 Å². The largest absolute Gasteiger partial charge is 0.507 e. The molecule has 0 radical (unpaired) electrons. The fraction of sp³-hybridized carbons (Fsp3) is 0.0833. The molecule has 0 aliphatic carbocycles. The van der Waals surface area contributed by atoms with Crippen LogP contribution in [0.1, 0.15) is 34.0 Å². The molecule has 6 heteroatoms. The zero-order valence-corrected chi connectivity index (χ0v) is 16.8. The molecule has 5 nitrogen and oxygen atoms in total. The number of phenols is 1. The van der Waals surface area contributed by atoms with Crippen LogP contribution in [-0.2, 0) is 11.3 Å². The maximum Gasteiger partial charge on any atom is 0.341 e. The molecule has 2 N–H and O–H groups in total. The molecule has 0 aliphatic heterocycles. The van der Waals surface area contributed by atoms with Crippen LogP contribution in [0.25, 0.3) is 0 Å². The summed E-state index contributed by atoms with van der Waals surface area (Å²) >= 11 is 5.87. The summed E-state index contributed by atoms with van der Waals surface area (Å²) in [7, 11) is 0. The Labute approximate surface area is 179 Å². The molecule has 3 rings (SSSR count). The SMILES string of the molecule is CC(=O)N(Cc1ccc(C#Cc2ccc(Cl)cc2)cc1)c1cccc(O)c1C(=O)O. The predicted molar refractivity (Wildman–Crippen MR) is 116 cm³/mol. The lowest BCUT2D eigenvalue weighted by atomic mass is 10.1. The van der Waals surface area contributed by atoms with Crippen molar-refractivity contribution in [3.8, 4) is 17.6 Å². The molecule has 0 saturated carbocycles. The summed E-state index contributed by atoms with van der Waals surface area (Å²) in [6, 6.07) is 18.8. The number of hydrogen-bond acceptors (Lipinski definition) is 3. The summed E-state index contributed by atoms with van der Waals surface area (Å²) in [4.78, 5) is 25.1. The van der Waals surface area contributed by atoms with Gasteiger partial charge in [-0.25, -0.2) is 4.79 Å². The first kappa shape index (κ1) is 21.0. The van der Waals surface area contributed by atoms with Crippen LogP contribution in [0.4, 0.5) is 5.69 Å². The molecule has 0 bridgehead atoms. The van der Waals surface area contributed by atoms with Gasteiger partial charge in [0.05, 0.1) is 12.2 Å². The maximum absolute atomic E-state index is 12.2. The number of benzene rings is 3. The van der Waals surface area contributed by atoms with E-state index in [1.54, 1.807) is 12.1 Å². The van der Waals surface area contributed by atoms with Crippen LogP contribution in [0.3, 0.4) is 0 Å². The highest BCUT2D eigenvalue weighted by molar-refractivity contribution is 6.30. The molecule has 0 aliphatic rings. The molecule has 0 aromatic heterocycles. The third-order valence-corrected chi connectivity index (χ3v) is 4.65. The van der Waals surface area contributed by atoms with Crippen LogP contribution in [0, 0.1) is 11.8 Å². The Balaban J connectivity index is 1.83. The predicted octanol–water partition coefficient (Wildman–Crippen LogP) is 4.70. The van der Waals surface area contributed by atoms with E-state index in [4.69, 9.17) is 11.6 Å². The fourth-order valence-corrected chi connectivity index (χ4v) is 3.02. The van der Waals surface area contributed by atoms with E-state index in [1.165, 1.54) is 30.0 Å². The van der Waals surface area contributed by atoms with Crippen LogP contribution in [0.15, 0.2) is 66.7 Å². The van der Waals surface area contributed by atoms with Crippen molar-refractivity contribution in [2.24, 2.45) is 0 Å². The third-order valence-electron chi connectivity index (χ3n) is 4.40. The zero-order chi connectivity index (χ0) is 21.7. The van der Waals surface area contributed by atoms with Crippen LogP contribution in [0.5, 0.6) is 5.75 Å². The Hall–Kier alpha value is -3.75. The highest BCUT2D eigenvalue weighted by Crippen LogP contribution is 2.30. The average molecular weight is 420 g/mol. The van der Waals surface area contributed by atoms with E-state index in [0.717, 1.165) is 16.7 Å². The summed E-state index contributed by atoms with van der Waals surface area (Å²) in [5.41, 5.74) is 2.27. The van der Waals surface area contributed by atoms with Gasteiger partial charge in [0, 0.05) is 23.1 Å². The smallest absolute Gasteiger partial charge is 0.341 e. The number of rotatable bonds is 4. The van der Waals surface area contributed by atoms with Crippen molar-refractivity contribution in [3.63, 3.8) is 0 Å². The molecule has 0 atom stereocenters. The molecular formula is C24H18ClNO4. The summed E-state index contributed by atoms with van der Waals surface area (Å²) in [6.07, 6.45) is 0. The summed E-state index contributed by atoms with van der Waals surface area (Å²) in [5, 5.41) is 20.0. The molecular weight excluding hydrogens is 402 g/mol. The quantitative estimate of drug-likeness (QED) is 0.601. The molecule has 0 saturated heterocycles. The molecule has 0 fully saturated rings. The molecule has 3 aromatic carbocycles. The lowest BCUT2D eigenvalue weighted by Crippen LogP contribution is -2.29. The van der Waals surface area contributed by atoms with Crippen molar-refractivity contribution < 1.29 is 19.8 Å². The topological polar surface area (TPSA) is 77.8 Å². The Morgan fingerprint density at radius 3 is 2.03 bits per heavy atom. The number of halogens is 1. The van der Waals surface area contributed by atoms with Gasteiger partial charge in [-0.15, -0.1) is 0 Å². The van der Waals surface area contributed by atoms with Gasteiger partial charge in [0.1, 0.15) is 11.3 Å². The number of carboxylic acids is 1. The number of carbonyl (C=O) groups excluding carboxylic acids is 1. The first-order valence-corrected chi connectivity index (χ1v) is 9.43. The minimum atomic E-state index is -1.30. The van der Waals surface area contributed by atoms with E-state index in [9.17, 15) is 19.8 Å². The number of hydrogen-bond donors (Lipinski definition) is 2. The normalized spacial score (nSPS) is 10.1. The van der Waals surface area contributed by atoms with Crippen molar-refractivity contribution in [3.05, 3.63) is 94.0 Å². The van der Waals surface area contributed by atoms with E-state index >= 15 is 0 Å². The monoisotopic (exact) mass is 419 g/mol. The number of aromatic carboxylic acids is 1. The first-order valence-electron chi connectivity index (χ1n) is 9.05. The minimum absolute atomic E-state index is 0.140. The van der Waals surface area contributed by atoms with Gasteiger partial charge in [0.2, 0.25) is 5.91 Å². The van der Waals surface area contributed by atoms with Gasteiger partial charge in [0.15, 0.2) is 0 Å². The Bertz CT molecular complexity index is 1140. The first-order chi connectivity index (χ1) is 14.3. The van der Waals surface area contributed by atoms with Crippen LogP contribution < -0.4 is 4.90 Å². The van der Waals surface area contributed by atoms with Crippen molar-refractivity contribution >= 4 is 29.2 Å². The van der Waals surface area contributed by atoms with Gasteiger partial charge in [-0.1, -0.05) is 41.6 Å². The number of anilines is 1. The summed E-state index contributed by atoms with van der Waals surface area (Å²) in [6.45, 7) is 1.51. The fourth-order valence-electron chi connectivity index (χ4n) is 2.89. The van der Waals surface area contributed by atoms with E-state index in [2.05, 4.69) is 11.8 Å². The molecule has 150 valence electrons. The summed E-state index contributed by atoms with van der Waals surface area (Å²) < 4.78 is 0. The van der Waals surface area contributed by atoms with E-state index in [1.807, 2.05) is 36.4 Å². The second-order valence-corrected chi connectivity index (χ2v) is 6.97. The lowest BCUT2D eigenvalue weighted by Gasteiger charge is -2.23. The second kappa shape index (κ2) is 9.17. The molecule has 0 unspecified atom stereocenters. The van der Waals surface area contributed by atoms with Gasteiger partial charge in [0.25, 0.3) is 0 Å². The number of aromatic hydroxyl groups is 1. The van der Waals surface area contributed by atoms with Gasteiger partial charge in [-0.05, 0) is 54.1 Å². The number of amides is 1. The zero-order valence-electron chi connectivity index (χ0n) is 16.1. The van der Waals surface area contributed by atoms with Crippen molar-refractivity contribution in [1.29, 1.82) is 0 Å². The second-order valence-electron chi connectivity index (χ2n) is 6.54. The highest BCUT2D eigenvalue weighted by atomic mass is 35.5. The summed E-state index contributed by atoms with van der Waals surface area (Å²) in [5.74, 6) is 4.08. The lowest BCUT2D eigenvalue weighted by molar-refractivity contribution is -0.116. The molecule has 0 heterocycles. The van der Waals surface area contributed by atoms with Crippen molar-refractivity contribution in [2.75, 3.05) is 4.90 Å². The minimum Gasteiger partial charge on any atom is -0.507 e. The van der Waals surface area contributed by atoms with Crippen molar-refractivity contribution in [2.45, 2.75) is 13.5 Å². The maximum atomic E-state index is 12.2. The van der Waals surface area contributed by atoms with Gasteiger partial charge in [-0.3, -0.25) is 4.79 Å². The highest BCUT2D eigenvalue weighted by Gasteiger charge is 2.22. The standard InChI is InChI=1S/C24H18ClNO4/c1-16(27)26(21-3-2-4-22(28)23(21)24(29)30)15-19-9-7-17(8-10-19)5-6-18-11-13-20(25)14-12-18/h2-4,7-14,28H,15H2,1H3,(H,29,30). The van der Waals surface area contributed by atoms with Gasteiger partial charge < -0.3 is 15.1 Å². The van der Waals surface area contributed by atoms with Gasteiger partial charge in [-0.2, -0.15) is 0 Å². The number of carbonyl (C=O) groups is 2. The van der Waals surface area contributed by atoms with Crippen LogP contribution in [-0.4, -0.2) is 22.1 Å². The molecule has 0 spiro atoms. The number of carboxylic acid groups (broad SMARTS) is 1. The third kappa shape index (κ3) is 4.99. The Kier molecular flexibility index (Phi) is 6.41. The molecule has 3 aromatic rings. The van der Waals surface area contributed by atoms with Crippen molar-refractivity contribution in [1.82, 2.24) is 0 Å². The van der Waals surface area contributed by atoms with Crippen LogP contribution >= 0.6 is 11.6 Å². The Morgan fingerprint density at radius 2 is 1.50 bits per heavy atom. The van der Waals surface area contributed by atoms with Gasteiger partial charge >= 0.3 is 5.97 Å².